The predicted molar refractivity (Wildman–Crippen MR) is 102 cm³/mol. The Bertz CT molecular complexity index is 885. The van der Waals surface area contributed by atoms with E-state index in [4.69, 9.17) is 6.57 Å². The van der Waals surface area contributed by atoms with Gasteiger partial charge in [-0.3, -0.25) is 9.59 Å². The fraction of sp³-hybridized carbons (Fsp3) is 0.286. The standard InChI is InChI=1S/C21H20F3N3O2/c1-3-12-26-20(29)18(13-14-4-8-16(9-5-14)21(22,23)24)27-19(28)15-6-10-17(25-2)11-7-15/h4-11,18H,3,12-13H2,1H3,(H,26,29)(H,27,28). The largest absolute Gasteiger partial charge is 0.416 e. The van der Waals surface area contributed by atoms with Crippen LogP contribution in [0.2, 0.25) is 0 Å². The molecule has 0 aliphatic carbocycles. The van der Waals surface area contributed by atoms with Crippen molar-refractivity contribution in [2.24, 2.45) is 0 Å². The average molecular weight is 403 g/mol. The van der Waals surface area contributed by atoms with Crippen LogP contribution in [0.25, 0.3) is 4.85 Å². The molecule has 5 nitrogen and oxygen atoms in total. The van der Waals surface area contributed by atoms with Gasteiger partial charge < -0.3 is 10.6 Å². The number of nitrogens with zero attached hydrogens (tertiary/aromatic N) is 1. The molecule has 0 aliphatic heterocycles. The molecular formula is C21H20F3N3O2. The molecule has 0 aliphatic rings. The molecule has 2 rings (SSSR count). The lowest BCUT2D eigenvalue weighted by atomic mass is 10.0. The smallest absolute Gasteiger partial charge is 0.354 e. The summed E-state index contributed by atoms with van der Waals surface area (Å²) in [6.45, 7) is 9.23. The van der Waals surface area contributed by atoms with E-state index in [1.807, 2.05) is 6.92 Å². The highest BCUT2D eigenvalue weighted by Crippen LogP contribution is 2.29. The van der Waals surface area contributed by atoms with Gasteiger partial charge in [-0.2, -0.15) is 13.2 Å². The summed E-state index contributed by atoms with van der Waals surface area (Å²) in [5.74, 6) is -0.928. The van der Waals surface area contributed by atoms with E-state index >= 15 is 0 Å². The highest BCUT2D eigenvalue weighted by atomic mass is 19.4. The third-order valence-corrected chi connectivity index (χ3v) is 4.15. The van der Waals surface area contributed by atoms with Crippen LogP contribution in [-0.2, 0) is 17.4 Å². The minimum Gasteiger partial charge on any atom is -0.354 e. The zero-order valence-corrected chi connectivity index (χ0v) is 15.7. The van der Waals surface area contributed by atoms with Crippen LogP contribution in [-0.4, -0.2) is 24.4 Å². The second kappa shape index (κ2) is 9.73. The van der Waals surface area contributed by atoms with Crippen molar-refractivity contribution < 1.29 is 22.8 Å². The molecule has 1 unspecified atom stereocenters. The molecule has 8 heteroatoms. The third-order valence-electron chi connectivity index (χ3n) is 4.15. The fourth-order valence-electron chi connectivity index (χ4n) is 2.58. The van der Waals surface area contributed by atoms with E-state index in [1.165, 1.54) is 36.4 Å². The van der Waals surface area contributed by atoms with Gasteiger partial charge in [-0.25, -0.2) is 4.85 Å². The quantitative estimate of drug-likeness (QED) is 0.683. The van der Waals surface area contributed by atoms with Crippen LogP contribution in [0.5, 0.6) is 0 Å². The van der Waals surface area contributed by atoms with Crippen LogP contribution in [0.3, 0.4) is 0 Å². The number of nitrogens with one attached hydrogen (secondary N) is 2. The van der Waals surface area contributed by atoms with Crippen molar-refractivity contribution in [3.05, 3.63) is 76.6 Å². The summed E-state index contributed by atoms with van der Waals surface area (Å²) in [5.41, 5.74) is 0.358. The molecule has 152 valence electrons. The van der Waals surface area contributed by atoms with Crippen molar-refractivity contribution in [2.45, 2.75) is 32.0 Å². The van der Waals surface area contributed by atoms with Gasteiger partial charge in [-0.15, -0.1) is 0 Å². The van der Waals surface area contributed by atoms with E-state index in [0.717, 1.165) is 12.1 Å². The van der Waals surface area contributed by atoms with Gasteiger partial charge in [0.25, 0.3) is 5.91 Å². The Balaban J connectivity index is 2.16. The lowest BCUT2D eigenvalue weighted by Gasteiger charge is -2.19. The van der Waals surface area contributed by atoms with Crippen molar-refractivity contribution in [1.82, 2.24) is 10.6 Å². The number of halogens is 3. The van der Waals surface area contributed by atoms with E-state index < -0.39 is 29.6 Å². The maximum absolute atomic E-state index is 12.7. The topological polar surface area (TPSA) is 62.6 Å². The Hall–Kier alpha value is -3.34. The second-order valence-corrected chi connectivity index (χ2v) is 6.37. The molecule has 0 aromatic heterocycles. The molecule has 29 heavy (non-hydrogen) atoms. The summed E-state index contributed by atoms with van der Waals surface area (Å²) in [7, 11) is 0. The second-order valence-electron chi connectivity index (χ2n) is 6.37. The maximum atomic E-state index is 12.7. The van der Waals surface area contributed by atoms with Gasteiger partial charge in [0.1, 0.15) is 6.04 Å². The van der Waals surface area contributed by atoms with Gasteiger partial charge >= 0.3 is 6.18 Å². The van der Waals surface area contributed by atoms with Crippen molar-refractivity contribution >= 4 is 17.5 Å². The summed E-state index contributed by atoms with van der Waals surface area (Å²) in [6.07, 6.45) is -3.70. The predicted octanol–water partition coefficient (Wildman–Crippen LogP) is 4.12. The first-order valence-corrected chi connectivity index (χ1v) is 8.96. The number of benzene rings is 2. The molecular weight excluding hydrogens is 383 g/mol. The minimum absolute atomic E-state index is 0.0412. The van der Waals surface area contributed by atoms with Crippen LogP contribution in [0.1, 0.15) is 34.8 Å². The van der Waals surface area contributed by atoms with Gasteiger partial charge in [-0.05, 0) is 24.1 Å². The molecule has 2 amide bonds. The van der Waals surface area contributed by atoms with Crippen molar-refractivity contribution in [1.29, 1.82) is 0 Å². The first kappa shape index (κ1) is 22.0. The highest BCUT2D eigenvalue weighted by molar-refractivity contribution is 5.97. The average Bonchev–Trinajstić information content (AvgIpc) is 2.71. The molecule has 2 aromatic carbocycles. The summed E-state index contributed by atoms with van der Waals surface area (Å²) < 4.78 is 38.2. The number of alkyl halides is 3. The SMILES string of the molecule is [C-]#[N+]c1ccc(C(=O)NC(Cc2ccc(C(F)(F)F)cc2)C(=O)NCCC)cc1. The van der Waals surface area contributed by atoms with E-state index in [0.29, 0.717) is 24.2 Å². The van der Waals surface area contributed by atoms with E-state index in [-0.39, 0.29) is 12.0 Å². The number of carbonyl (C=O) groups excluding carboxylic acids is 2. The van der Waals surface area contributed by atoms with E-state index in [9.17, 15) is 22.8 Å². The monoisotopic (exact) mass is 403 g/mol. The number of hydrogen-bond acceptors (Lipinski definition) is 2. The van der Waals surface area contributed by atoms with Crippen LogP contribution in [0, 0.1) is 6.57 Å². The molecule has 0 fully saturated rings. The Morgan fingerprint density at radius 3 is 2.21 bits per heavy atom. The molecule has 0 radical (unpaired) electrons. The van der Waals surface area contributed by atoms with Crippen molar-refractivity contribution in [3.63, 3.8) is 0 Å². The number of carbonyl (C=O) groups is 2. The van der Waals surface area contributed by atoms with E-state index in [1.54, 1.807) is 0 Å². The van der Waals surface area contributed by atoms with Gasteiger partial charge in [0.05, 0.1) is 12.1 Å². The third kappa shape index (κ3) is 6.35. The zero-order chi connectivity index (χ0) is 21.4. The molecule has 0 spiro atoms. The highest BCUT2D eigenvalue weighted by Gasteiger charge is 2.30. The lowest BCUT2D eigenvalue weighted by Crippen LogP contribution is -2.48. The summed E-state index contributed by atoms with van der Waals surface area (Å²) in [5, 5.41) is 5.31. The summed E-state index contributed by atoms with van der Waals surface area (Å²) >= 11 is 0. The Morgan fingerprint density at radius 1 is 1.07 bits per heavy atom. The lowest BCUT2D eigenvalue weighted by molar-refractivity contribution is -0.137. The van der Waals surface area contributed by atoms with Crippen LogP contribution < -0.4 is 10.6 Å². The normalized spacial score (nSPS) is 12.0. The Labute approximate surface area is 166 Å². The summed E-state index contributed by atoms with van der Waals surface area (Å²) in [6, 6.07) is 9.45. The molecule has 0 bridgehead atoms. The zero-order valence-electron chi connectivity index (χ0n) is 15.7. The molecule has 1 atom stereocenters. The molecule has 0 saturated heterocycles. The molecule has 2 aromatic rings. The maximum Gasteiger partial charge on any atom is 0.416 e. The number of rotatable bonds is 7. The number of hydrogen-bond donors (Lipinski definition) is 2. The Morgan fingerprint density at radius 2 is 1.69 bits per heavy atom. The van der Waals surface area contributed by atoms with Crippen LogP contribution in [0.15, 0.2) is 48.5 Å². The minimum atomic E-state index is -4.44. The van der Waals surface area contributed by atoms with E-state index in [2.05, 4.69) is 15.5 Å². The fourth-order valence-corrected chi connectivity index (χ4v) is 2.58. The molecule has 0 heterocycles. The van der Waals surface area contributed by atoms with Crippen molar-refractivity contribution in [3.8, 4) is 0 Å². The van der Waals surface area contributed by atoms with Gasteiger partial charge in [0, 0.05) is 18.5 Å². The van der Waals surface area contributed by atoms with Gasteiger partial charge in [-0.1, -0.05) is 43.3 Å². The molecule has 0 saturated carbocycles. The summed E-state index contributed by atoms with van der Waals surface area (Å²) in [4.78, 5) is 28.2. The van der Waals surface area contributed by atoms with Gasteiger partial charge in [0.15, 0.2) is 5.69 Å². The van der Waals surface area contributed by atoms with Crippen molar-refractivity contribution in [2.75, 3.05) is 6.54 Å². The first-order valence-electron chi connectivity index (χ1n) is 8.96. The van der Waals surface area contributed by atoms with Crippen LogP contribution >= 0.6 is 0 Å². The number of amides is 2. The van der Waals surface area contributed by atoms with Crippen LogP contribution in [0.4, 0.5) is 18.9 Å². The molecule has 2 N–H and O–H groups in total. The van der Waals surface area contributed by atoms with Gasteiger partial charge in [0.2, 0.25) is 5.91 Å². The first-order chi connectivity index (χ1) is 13.7. The Kier molecular flexibility index (Phi) is 7.37.